The quantitative estimate of drug-likeness (QED) is 0.827. The summed E-state index contributed by atoms with van der Waals surface area (Å²) >= 11 is 0. The van der Waals surface area contributed by atoms with Gasteiger partial charge >= 0.3 is 6.36 Å². The van der Waals surface area contributed by atoms with Crippen LogP contribution >= 0.6 is 0 Å². The Kier molecular flexibility index (Phi) is 5.43. The van der Waals surface area contributed by atoms with Crippen LogP contribution < -0.4 is 15.8 Å². The van der Waals surface area contributed by atoms with E-state index in [-0.39, 0.29) is 11.8 Å². The maximum atomic E-state index is 11.9. The van der Waals surface area contributed by atoms with Crippen LogP contribution in [0.25, 0.3) is 0 Å². The van der Waals surface area contributed by atoms with Gasteiger partial charge in [-0.2, -0.15) is 0 Å². The molecule has 3 N–H and O–H groups in total. The predicted octanol–water partition coefficient (Wildman–Crippen LogP) is 2.41. The Morgan fingerprint density at radius 1 is 1.28 bits per heavy atom. The molecule has 18 heavy (non-hydrogen) atoms. The summed E-state index contributed by atoms with van der Waals surface area (Å²) in [5.74, 6) is -0.207. The molecule has 0 radical (unpaired) electrons. The molecular formula is C12H17F3N2O. The van der Waals surface area contributed by atoms with Gasteiger partial charge in [0.15, 0.2) is 0 Å². The molecule has 0 saturated carbocycles. The van der Waals surface area contributed by atoms with Gasteiger partial charge in [-0.15, -0.1) is 13.2 Å². The molecule has 0 saturated heterocycles. The van der Waals surface area contributed by atoms with Gasteiger partial charge in [0.2, 0.25) is 0 Å². The van der Waals surface area contributed by atoms with Gasteiger partial charge in [0, 0.05) is 12.6 Å². The Morgan fingerprint density at radius 3 is 2.39 bits per heavy atom. The van der Waals surface area contributed by atoms with E-state index in [0.717, 1.165) is 12.0 Å². The molecule has 1 rings (SSSR count). The maximum Gasteiger partial charge on any atom is 0.573 e. The molecule has 0 aliphatic carbocycles. The lowest BCUT2D eigenvalue weighted by molar-refractivity contribution is -0.274. The third-order valence-corrected chi connectivity index (χ3v) is 2.41. The first-order valence-electron chi connectivity index (χ1n) is 5.69. The number of nitrogens with one attached hydrogen (secondary N) is 1. The van der Waals surface area contributed by atoms with Crippen molar-refractivity contribution in [2.45, 2.75) is 32.3 Å². The Labute approximate surface area is 104 Å². The van der Waals surface area contributed by atoms with E-state index in [4.69, 9.17) is 5.73 Å². The molecule has 102 valence electrons. The average Bonchev–Trinajstić information content (AvgIpc) is 2.26. The molecule has 0 aliphatic rings. The molecule has 1 atom stereocenters. The highest BCUT2D eigenvalue weighted by Gasteiger charge is 2.30. The van der Waals surface area contributed by atoms with E-state index in [0.29, 0.717) is 13.1 Å². The molecule has 0 aromatic heterocycles. The third kappa shape index (κ3) is 5.88. The van der Waals surface area contributed by atoms with Gasteiger partial charge in [0.1, 0.15) is 5.75 Å². The summed E-state index contributed by atoms with van der Waals surface area (Å²) in [6, 6.07) is 6.09. The molecule has 1 aromatic carbocycles. The molecule has 0 bridgehead atoms. The largest absolute Gasteiger partial charge is 0.573 e. The maximum absolute atomic E-state index is 11.9. The van der Waals surface area contributed by atoms with Crippen molar-refractivity contribution in [3.8, 4) is 5.75 Å². The molecule has 1 aromatic rings. The van der Waals surface area contributed by atoms with Gasteiger partial charge in [-0.25, -0.2) is 0 Å². The van der Waals surface area contributed by atoms with Gasteiger partial charge in [-0.1, -0.05) is 12.1 Å². The van der Waals surface area contributed by atoms with Gasteiger partial charge in [0.05, 0.1) is 0 Å². The monoisotopic (exact) mass is 262 g/mol. The highest BCUT2D eigenvalue weighted by Crippen LogP contribution is 2.22. The smallest absolute Gasteiger partial charge is 0.406 e. The minimum absolute atomic E-state index is 0.207. The number of rotatable bonds is 6. The zero-order valence-corrected chi connectivity index (χ0v) is 10.1. The zero-order valence-electron chi connectivity index (χ0n) is 10.1. The summed E-state index contributed by atoms with van der Waals surface area (Å²) in [5, 5.41) is 3.22. The number of benzene rings is 1. The summed E-state index contributed by atoms with van der Waals surface area (Å²) in [7, 11) is 0. The highest BCUT2D eigenvalue weighted by molar-refractivity contribution is 5.27. The molecule has 0 heterocycles. The first-order chi connectivity index (χ1) is 8.40. The third-order valence-electron chi connectivity index (χ3n) is 2.41. The van der Waals surface area contributed by atoms with Crippen molar-refractivity contribution >= 4 is 0 Å². The van der Waals surface area contributed by atoms with Crippen LogP contribution in [0.1, 0.15) is 18.9 Å². The molecule has 0 fully saturated rings. The molecule has 3 nitrogen and oxygen atoms in total. The normalized spacial score (nSPS) is 13.4. The Morgan fingerprint density at radius 2 is 1.89 bits per heavy atom. The fraction of sp³-hybridized carbons (Fsp3) is 0.500. The molecule has 0 amide bonds. The topological polar surface area (TPSA) is 47.3 Å². The fourth-order valence-electron chi connectivity index (χ4n) is 1.45. The van der Waals surface area contributed by atoms with Gasteiger partial charge in [0.25, 0.3) is 0 Å². The second kappa shape index (κ2) is 6.61. The number of halogens is 3. The van der Waals surface area contributed by atoms with E-state index in [2.05, 4.69) is 10.1 Å². The van der Waals surface area contributed by atoms with Crippen LogP contribution in [0.15, 0.2) is 24.3 Å². The van der Waals surface area contributed by atoms with Crippen LogP contribution in [-0.4, -0.2) is 18.9 Å². The second-order valence-corrected chi connectivity index (χ2v) is 4.05. The van der Waals surface area contributed by atoms with Crippen LogP contribution in [0.4, 0.5) is 13.2 Å². The average molecular weight is 262 g/mol. The van der Waals surface area contributed by atoms with Crippen molar-refractivity contribution in [2.24, 2.45) is 5.73 Å². The van der Waals surface area contributed by atoms with Crippen LogP contribution in [-0.2, 0) is 6.54 Å². The van der Waals surface area contributed by atoms with Crippen LogP contribution in [0, 0.1) is 0 Å². The van der Waals surface area contributed by atoms with E-state index >= 15 is 0 Å². The number of ether oxygens (including phenoxy) is 1. The van der Waals surface area contributed by atoms with Crippen molar-refractivity contribution in [2.75, 3.05) is 6.54 Å². The van der Waals surface area contributed by atoms with Crippen molar-refractivity contribution in [1.82, 2.24) is 5.32 Å². The van der Waals surface area contributed by atoms with E-state index in [9.17, 15) is 13.2 Å². The molecular weight excluding hydrogens is 245 g/mol. The van der Waals surface area contributed by atoms with E-state index in [1.54, 1.807) is 12.1 Å². The lowest BCUT2D eigenvalue weighted by Crippen LogP contribution is -2.27. The summed E-state index contributed by atoms with van der Waals surface area (Å²) in [6.07, 6.45) is -3.79. The Balaban J connectivity index is 2.45. The van der Waals surface area contributed by atoms with Gasteiger partial charge in [-0.05, 0) is 37.6 Å². The lowest BCUT2D eigenvalue weighted by atomic mass is 10.2. The number of hydrogen-bond acceptors (Lipinski definition) is 3. The van der Waals surface area contributed by atoms with Crippen LogP contribution in [0.3, 0.4) is 0 Å². The molecule has 0 spiro atoms. The van der Waals surface area contributed by atoms with E-state index in [1.807, 2.05) is 6.92 Å². The second-order valence-electron chi connectivity index (χ2n) is 4.05. The summed E-state index contributed by atoms with van der Waals surface area (Å²) in [4.78, 5) is 0. The number of alkyl halides is 3. The first-order valence-corrected chi connectivity index (χ1v) is 5.69. The van der Waals surface area contributed by atoms with Crippen LogP contribution in [0.5, 0.6) is 5.75 Å². The molecule has 0 aliphatic heterocycles. The minimum Gasteiger partial charge on any atom is -0.406 e. The predicted molar refractivity (Wildman–Crippen MR) is 63.1 cm³/mol. The number of hydrogen-bond donors (Lipinski definition) is 2. The first kappa shape index (κ1) is 14.8. The Bertz CT molecular complexity index is 351. The standard InChI is InChI=1S/C12H17F3N2O/c1-9(6-7-16)17-8-10-2-4-11(5-3-10)18-12(13,14)15/h2-5,9,17H,6-8,16H2,1H3. The van der Waals surface area contributed by atoms with E-state index < -0.39 is 6.36 Å². The van der Waals surface area contributed by atoms with Crippen molar-refractivity contribution < 1.29 is 17.9 Å². The molecule has 1 unspecified atom stereocenters. The zero-order chi connectivity index (χ0) is 13.6. The lowest BCUT2D eigenvalue weighted by Gasteiger charge is -2.13. The Hall–Kier alpha value is -1.27. The van der Waals surface area contributed by atoms with Crippen LogP contribution in [0.2, 0.25) is 0 Å². The van der Waals surface area contributed by atoms with Gasteiger partial charge in [-0.3, -0.25) is 0 Å². The summed E-state index contributed by atoms with van der Waals surface area (Å²) in [5.41, 5.74) is 6.31. The summed E-state index contributed by atoms with van der Waals surface area (Å²) < 4.78 is 39.6. The van der Waals surface area contributed by atoms with Crippen molar-refractivity contribution in [1.29, 1.82) is 0 Å². The number of nitrogens with two attached hydrogens (primary N) is 1. The minimum atomic E-state index is -4.64. The van der Waals surface area contributed by atoms with Crippen molar-refractivity contribution in [3.05, 3.63) is 29.8 Å². The SMILES string of the molecule is CC(CCN)NCc1ccc(OC(F)(F)F)cc1. The molecule has 6 heteroatoms. The fourth-order valence-corrected chi connectivity index (χ4v) is 1.45. The highest BCUT2D eigenvalue weighted by atomic mass is 19.4. The van der Waals surface area contributed by atoms with Crippen molar-refractivity contribution in [3.63, 3.8) is 0 Å². The van der Waals surface area contributed by atoms with E-state index in [1.165, 1.54) is 12.1 Å². The van der Waals surface area contributed by atoms with Gasteiger partial charge < -0.3 is 15.8 Å². The summed E-state index contributed by atoms with van der Waals surface area (Å²) in [6.45, 7) is 3.20.